The average molecular weight is 251 g/mol. The fraction of sp³-hybridized carbons (Fsp3) is 0.333. The summed E-state index contributed by atoms with van der Waals surface area (Å²) < 4.78 is 26.1. The highest BCUT2D eigenvalue weighted by Gasteiger charge is 2.12. The van der Waals surface area contributed by atoms with Gasteiger partial charge in [-0.2, -0.15) is 0 Å². The van der Waals surface area contributed by atoms with Crippen LogP contribution in [0.1, 0.15) is 12.5 Å². The fourth-order valence-electron chi connectivity index (χ4n) is 1.04. The quantitative estimate of drug-likeness (QED) is 0.801. The molecule has 0 amide bonds. The van der Waals surface area contributed by atoms with E-state index in [9.17, 15) is 8.78 Å². The first-order valence-corrected chi connectivity index (χ1v) is 4.62. The summed E-state index contributed by atoms with van der Waals surface area (Å²) in [5.74, 6) is -1.80. The molecular formula is C9H9BrF2O. The molecule has 0 saturated heterocycles. The maximum absolute atomic E-state index is 13.1. The van der Waals surface area contributed by atoms with E-state index in [2.05, 4.69) is 15.9 Å². The molecule has 1 N–H and O–H groups in total. The molecule has 1 aromatic rings. The van der Waals surface area contributed by atoms with Gasteiger partial charge in [-0.05, 0) is 34.5 Å². The molecule has 72 valence electrons. The molecule has 0 heterocycles. The topological polar surface area (TPSA) is 20.2 Å². The van der Waals surface area contributed by atoms with Crippen LogP contribution in [0, 0.1) is 11.6 Å². The monoisotopic (exact) mass is 250 g/mol. The van der Waals surface area contributed by atoms with Gasteiger partial charge in [0.15, 0.2) is 11.6 Å². The molecular weight excluding hydrogens is 242 g/mol. The van der Waals surface area contributed by atoms with Crippen molar-refractivity contribution in [1.82, 2.24) is 0 Å². The lowest BCUT2D eigenvalue weighted by molar-refractivity contribution is 0.193. The van der Waals surface area contributed by atoms with E-state index in [0.29, 0.717) is 0 Å². The number of hydrogen-bond acceptors (Lipinski definition) is 1. The third-order valence-corrected chi connectivity index (χ3v) is 2.24. The van der Waals surface area contributed by atoms with Crippen LogP contribution < -0.4 is 0 Å². The van der Waals surface area contributed by atoms with Crippen molar-refractivity contribution < 1.29 is 13.9 Å². The Morgan fingerprint density at radius 3 is 2.54 bits per heavy atom. The van der Waals surface area contributed by atoms with Gasteiger partial charge >= 0.3 is 0 Å². The van der Waals surface area contributed by atoms with Crippen molar-refractivity contribution in [2.75, 3.05) is 0 Å². The lowest BCUT2D eigenvalue weighted by Crippen LogP contribution is -2.07. The number of halogens is 3. The predicted molar refractivity (Wildman–Crippen MR) is 49.4 cm³/mol. The molecule has 4 heteroatoms. The van der Waals surface area contributed by atoms with Gasteiger partial charge < -0.3 is 5.11 Å². The lowest BCUT2D eigenvalue weighted by atomic mass is 10.1. The molecule has 1 atom stereocenters. The van der Waals surface area contributed by atoms with E-state index in [1.54, 1.807) is 0 Å². The molecule has 0 radical (unpaired) electrons. The standard InChI is InChI=1S/C9H9BrF2O/c1-5(13)4-6-2-3-7(10)9(12)8(6)11/h2-3,5,13H,4H2,1H3. The van der Waals surface area contributed by atoms with Gasteiger partial charge in [-0.25, -0.2) is 8.78 Å². The van der Waals surface area contributed by atoms with Crippen LogP contribution in [-0.4, -0.2) is 11.2 Å². The number of aliphatic hydroxyl groups excluding tert-OH is 1. The summed E-state index contributed by atoms with van der Waals surface area (Å²) in [6.45, 7) is 1.53. The maximum atomic E-state index is 13.1. The van der Waals surface area contributed by atoms with Gasteiger partial charge in [0, 0.05) is 6.42 Å². The first-order chi connectivity index (χ1) is 6.02. The van der Waals surface area contributed by atoms with Crippen LogP contribution in [0.5, 0.6) is 0 Å². The first kappa shape index (κ1) is 10.6. The van der Waals surface area contributed by atoms with Crippen LogP contribution in [0.4, 0.5) is 8.78 Å². The van der Waals surface area contributed by atoms with E-state index in [-0.39, 0.29) is 16.5 Å². The van der Waals surface area contributed by atoms with Crippen molar-refractivity contribution in [2.24, 2.45) is 0 Å². The minimum atomic E-state index is -0.904. The van der Waals surface area contributed by atoms with Gasteiger partial charge in [-0.3, -0.25) is 0 Å². The molecule has 1 aromatic carbocycles. The van der Waals surface area contributed by atoms with Crippen molar-refractivity contribution in [3.63, 3.8) is 0 Å². The second kappa shape index (κ2) is 4.15. The minimum Gasteiger partial charge on any atom is -0.393 e. The van der Waals surface area contributed by atoms with Gasteiger partial charge in [0.25, 0.3) is 0 Å². The summed E-state index contributed by atoms with van der Waals surface area (Å²) in [7, 11) is 0. The summed E-state index contributed by atoms with van der Waals surface area (Å²) in [4.78, 5) is 0. The Hall–Kier alpha value is -0.480. The zero-order valence-corrected chi connectivity index (χ0v) is 8.61. The van der Waals surface area contributed by atoms with Crippen LogP contribution in [-0.2, 0) is 6.42 Å². The van der Waals surface area contributed by atoms with E-state index < -0.39 is 17.7 Å². The van der Waals surface area contributed by atoms with E-state index >= 15 is 0 Å². The van der Waals surface area contributed by atoms with E-state index in [1.807, 2.05) is 0 Å². The normalized spacial score (nSPS) is 13.0. The molecule has 1 rings (SSSR count). The van der Waals surface area contributed by atoms with Crippen molar-refractivity contribution in [3.05, 3.63) is 33.8 Å². The summed E-state index contributed by atoms with van der Waals surface area (Å²) in [5, 5.41) is 8.99. The number of hydrogen-bond donors (Lipinski definition) is 1. The van der Waals surface area contributed by atoms with E-state index in [0.717, 1.165) is 0 Å². The van der Waals surface area contributed by atoms with Gasteiger partial charge in [0.1, 0.15) is 0 Å². The van der Waals surface area contributed by atoms with Gasteiger partial charge in [0.05, 0.1) is 10.6 Å². The Kier molecular flexibility index (Phi) is 3.39. The molecule has 13 heavy (non-hydrogen) atoms. The molecule has 0 bridgehead atoms. The number of rotatable bonds is 2. The van der Waals surface area contributed by atoms with Crippen molar-refractivity contribution >= 4 is 15.9 Å². The third kappa shape index (κ3) is 2.48. The fourth-order valence-corrected chi connectivity index (χ4v) is 1.35. The average Bonchev–Trinajstić information content (AvgIpc) is 2.06. The lowest BCUT2D eigenvalue weighted by Gasteiger charge is -2.06. The zero-order valence-electron chi connectivity index (χ0n) is 7.02. The Bertz CT molecular complexity index is 313. The smallest absolute Gasteiger partial charge is 0.173 e. The van der Waals surface area contributed by atoms with Crippen molar-refractivity contribution in [1.29, 1.82) is 0 Å². The second-order valence-corrected chi connectivity index (χ2v) is 3.74. The van der Waals surface area contributed by atoms with Crippen LogP contribution in [0.2, 0.25) is 0 Å². The van der Waals surface area contributed by atoms with Gasteiger partial charge in [-0.1, -0.05) is 6.07 Å². The minimum absolute atomic E-state index is 0.0966. The molecule has 0 aromatic heterocycles. The largest absolute Gasteiger partial charge is 0.393 e. The molecule has 0 saturated carbocycles. The van der Waals surface area contributed by atoms with Crippen LogP contribution in [0.25, 0.3) is 0 Å². The number of aliphatic hydroxyl groups is 1. The van der Waals surface area contributed by atoms with Gasteiger partial charge in [-0.15, -0.1) is 0 Å². The molecule has 1 unspecified atom stereocenters. The summed E-state index contributed by atoms with van der Waals surface area (Å²) in [5.41, 5.74) is 0.190. The second-order valence-electron chi connectivity index (χ2n) is 2.89. The molecule has 0 spiro atoms. The SMILES string of the molecule is CC(O)Cc1ccc(Br)c(F)c1F. The number of benzene rings is 1. The molecule has 0 fully saturated rings. The highest BCUT2D eigenvalue weighted by Crippen LogP contribution is 2.21. The molecule has 0 aliphatic heterocycles. The molecule has 1 nitrogen and oxygen atoms in total. The maximum Gasteiger partial charge on any atom is 0.173 e. The van der Waals surface area contributed by atoms with E-state index in [1.165, 1.54) is 19.1 Å². The van der Waals surface area contributed by atoms with Crippen LogP contribution in [0.15, 0.2) is 16.6 Å². The third-order valence-electron chi connectivity index (χ3n) is 1.63. The highest BCUT2D eigenvalue weighted by atomic mass is 79.9. The summed E-state index contributed by atoms with van der Waals surface area (Å²) >= 11 is 2.87. The van der Waals surface area contributed by atoms with Crippen molar-refractivity contribution in [2.45, 2.75) is 19.4 Å². The highest BCUT2D eigenvalue weighted by molar-refractivity contribution is 9.10. The van der Waals surface area contributed by atoms with Crippen molar-refractivity contribution in [3.8, 4) is 0 Å². The van der Waals surface area contributed by atoms with Crippen LogP contribution in [0.3, 0.4) is 0 Å². The molecule has 0 aliphatic rings. The zero-order chi connectivity index (χ0) is 10.0. The van der Waals surface area contributed by atoms with Crippen LogP contribution >= 0.6 is 15.9 Å². The van der Waals surface area contributed by atoms with Gasteiger partial charge in [0.2, 0.25) is 0 Å². The first-order valence-electron chi connectivity index (χ1n) is 3.82. The van der Waals surface area contributed by atoms with E-state index in [4.69, 9.17) is 5.11 Å². The summed E-state index contributed by atoms with van der Waals surface area (Å²) in [6, 6.07) is 2.88. The Balaban J connectivity index is 3.04. The Labute approximate surface area is 83.5 Å². The predicted octanol–water partition coefficient (Wildman–Crippen LogP) is 2.65. The summed E-state index contributed by atoms with van der Waals surface area (Å²) in [6.07, 6.45) is -0.550. The molecule has 0 aliphatic carbocycles. The Morgan fingerprint density at radius 1 is 1.38 bits per heavy atom. The Morgan fingerprint density at radius 2 is 2.00 bits per heavy atom.